The van der Waals surface area contributed by atoms with Crippen LogP contribution in [0.15, 0.2) is 42.3 Å². The summed E-state index contributed by atoms with van der Waals surface area (Å²) in [6.07, 6.45) is 0.496. The molecule has 0 bridgehead atoms. The monoisotopic (exact) mass is 528 g/mol. The Morgan fingerprint density at radius 1 is 1.11 bits per heavy atom. The van der Waals surface area contributed by atoms with Crippen LogP contribution in [-0.2, 0) is 19.1 Å². The maximum absolute atomic E-state index is 13.9. The lowest BCUT2D eigenvalue weighted by atomic mass is 9.53. The summed E-state index contributed by atoms with van der Waals surface area (Å²) >= 11 is 0. The van der Waals surface area contributed by atoms with E-state index in [0.717, 1.165) is 0 Å². The first-order chi connectivity index (χ1) is 17.8. The van der Waals surface area contributed by atoms with Crippen LogP contribution in [-0.4, -0.2) is 85.9 Å². The van der Waals surface area contributed by atoms with Gasteiger partial charge in [0.25, 0.3) is 0 Å². The van der Waals surface area contributed by atoms with E-state index < -0.39 is 82.1 Å². The summed E-state index contributed by atoms with van der Waals surface area (Å²) in [5, 5.41) is 56.6. The smallest absolute Gasteiger partial charge is 0.230 e. The first-order valence-corrected chi connectivity index (χ1v) is 12.0. The minimum absolute atomic E-state index is 0.208. The Morgan fingerprint density at radius 3 is 2.37 bits per heavy atom. The average Bonchev–Trinajstić information content (AvgIpc) is 2.86. The van der Waals surface area contributed by atoms with E-state index in [4.69, 9.17) is 15.2 Å². The Labute approximate surface area is 216 Å². The number of ether oxygens (including phenoxy) is 2. The molecule has 1 aromatic carbocycles. The Balaban J connectivity index is 1.78. The highest BCUT2D eigenvalue weighted by atomic mass is 16.5. The van der Waals surface area contributed by atoms with Gasteiger partial charge in [0.15, 0.2) is 22.9 Å². The molecule has 2 unspecified atom stereocenters. The van der Waals surface area contributed by atoms with Crippen LogP contribution in [0.25, 0.3) is 5.76 Å². The normalized spacial score (nSPS) is 36.1. The van der Waals surface area contributed by atoms with Crippen molar-refractivity contribution >= 4 is 23.2 Å². The van der Waals surface area contributed by atoms with Gasteiger partial charge in [0.1, 0.15) is 36.2 Å². The molecule has 1 heterocycles. The second-order valence-electron chi connectivity index (χ2n) is 10.3. The van der Waals surface area contributed by atoms with E-state index in [1.165, 1.54) is 49.9 Å². The summed E-state index contributed by atoms with van der Waals surface area (Å²) in [7, 11) is 3.01. The number of aliphatic hydroxyl groups is 4. The van der Waals surface area contributed by atoms with E-state index in [-0.39, 0.29) is 11.3 Å². The van der Waals surface area contributed by atoms with Crippen molar-refractivity contribution in [1.29, 1.82) is 0 Å². The van der Waals surface area contributed by atoms with Gasteiger partial charge in [-0.1, -0.05) is 6.92 Å². The van der Waals surface area contributed by atoms with Crippen molar-refractivity contribution in [2.24, 2.45) is 23.5 Å². The van der Waals surface area contributed by atoms with Gasteiger partial charge in [-0.25, -0.2) is 0 Å². The summed E-state index contributed by atoms with van der Waals surface area (Å²) in [4.78, 5) is 40.9. The lowest BCUT2D eigenvalue weighted by Crippen LogP contribution is -2.74. The van der Waals surface area contributed by atoms with Crippen molar-refractivity contribution in [2.45, 2.75) is 36.7 Å². The lowest BCUT2D eigenvalue weighted by Gasteiger charge is -2.56. The van der Waals surface area contributed by atoms with Crippen LogP contribution < -0.4 is 5.73 Å². The molecular formula is C26H28N2O10. The van der Waals surface area contributed by atoms with E-state index >= 15 is 0 Å². The van der Waals surface area contributed by atoms with Crippen molar-refractivity contribution in [3.05, 3.63) is 58.9 Å². The molecule has 7 N–H and O–H groups in total. The number of carbonyl (C=O) groups is 3. The molecule has 8 atom stereocenters. The van der Waals surface area contributed by atoms with Crippen molar-refractivity contribution < 1.29 is 49.4 Å². The molecule has 0 spiro atoms. The second-order valence-corrected chi connectivity index (χ2v) is 10.3. The molecule has 12 heteroatoms. The fourth-order valence-corrected chi connectivity index (χ4v) is 6.66. The highest BCUT2D eigenvalue weighted by Crippen LogP contribution is 2.56. The van der Waals surface area contributed by atoms with Gasteiger partial charge >= 0.3 is 0 Å². The molecule has 12 nitrogen and oxygen atoms in total. The molecule has 1 saturated carbocycles. The summed E-state index contributed by atoms with van der Waals surface area (Å²) in [5.41, 5.74) is 2.47. The maximum atomic E-state index is 13.9. The van der Waals surface area contributed by atoms with Crippen molar-refractivity contribution in [1.82, 2.24) is 4.90 Å². The van der Waals surface area contributed by atoms with Crippen LogP contribution >= 0.6 is 0 Å². The summed E-state index contributed by atoms with van der Waals surface area (Å²) in [6, 6.07) is 1.55. The van der Waals surface area contributed by atoms with Crippen LogP contribution in [0.1, 0.15) is 34.3 Å². The molecule has 0 saturated heterocycles. The zero-order valence-corrected chi connectivity index (χ0v) is 20.7. The highest BCUT2D eigenvalue weighted by molar-refractivity contribution is 6.16. The van der Waals surface area contributed by atoms with Crippen LogP contribution in [0.5, 0.6) is 5.75 Å². The second kappa shape index (κ2) is 8.67. The molecule has 1 aliphatic heterocycles. The van der Waals surface area contributed by atoms with Gasteiger partial charge < -0.3 is 45.6 Å². The number of Topliss-reactive ketones (excluding diaryl/α,β-unsaturated/α-hetero) is 2. The summed E-state index contributed by atoms with van der Waals surface area (Å²) < 4.78 is 10.7. The SMILES string of the molecule is C[C@H]1c2c(C3=COC=CO3)ccc(O)c2C(=O)C2=C(O)[C@]3(O)C(=O)C(C(N)=O)C(O)[C@@H](N(C)C)[C@@H]3[C@@H](O)[C@@H]21. The van der Waals surface area contributed by atoms with Gasteiger partial charge in [-0.15, -0.1) is 0 Å². The number of nitrogens with two attached hydrogens (primary N) is 1. The Bertz CT molecular complexity index is 1350. The third kappa shape index (κ3) is 3.21. The molecule has 202 valence electrons. The minimum atomic E-state index is -2.91. The largest absolute Gasteiger partial charge is 0.508 e. The highest BCUT2D eigenvalue weighted by Gasteiger charge is 2.69. The molecule has 38 heavy (non-hydrogen) atoms. The number of carbonyl (C=O) groups excluding carboxylic acids is 3. The van der Waals surface area contributed by atoms with Crippen LogP contribution in [0.4, 0.5) is 0 Å². The van der Waals surface area contributed by atoms with Crippen LogP contribution in [0.3, 0.4) is 0 Å². The number of rotatable bonds is 3. The number of phenolic OH excluding ortho intramolecular Hbond substituents is 1. The molecule has 1 fully saturated rings. The predicted molar refractivity (Wildman–Crippen MR) is 129 cm³/mol. The molecule has 5 rings (SSSR count). The fraction of sp³-hybridized carbons (Fsp3) is 0.423. The number of hydrogen-bond acceptors (Lipinski definition) is 11. The number of benzene rings is 1. The predicted octanol–water partition coefficient (Wildman–Crippen LogP) is -0.366. The summed E-state index contributed by atoms with van der Waals surface area (Å²) in [6.45, 7) is 1.65. The van der Waals surface area contributed by atoms with E-state index in [1.54, 1.807) is 6.92 Å². The van der Waals surface area contributed by atoms with Gasteiger partial charge in [-0.3, -0.25) is 14.4 Å². The number of nitrogens with zero attached hydrogens (tertiary/aromatic N) is 1. The fourth-order valence-electron chi connectivity index (χ4n) is 6.66. The molecular weight excluding hydrogens is 500 g/mol. The average molecular weight is 529 g/mol. The number of phenols is 1. The number of fused-ring (bicyclic) bond motifs is 3. The van der Waals surface area contributed by atoms with Gasteiger partial charge in [0.05, 0.1) is 17.8 Å². The number of amides is 1. The van der Waals surface area contributed by atoms with Gasteiger partial charge in [-0.2, -0.15) is 0 Å². The first-order valence-electron chi connectivity index (χ1n) is 12.0. The Morgan fingerprint density at radius 2 is 1.79 bits per heavy atom. The molecule has 0 aromatic heterocycles. The minimum Gasteiger partial charge on any atom is -0.508 e. The first kappa shape index (κ1) is 25.9. The van der Waals surface area contributed by atoms with Crippen molar-refractivity contribution in [3.8, 4) is 5.75 Å². The Hall–Kier alpha value is -3.71. The number of aliphatic hydroxyl groups excluding tert-OH is 3. The quantitative estimate of drug-likeness (QED) is 0.280. The molecule has 3 aliphatic carbocycles. The van der Waals surface area contributed by atoms with Gasteiger partial charge in [-0.05, 0) is 37.7 Å². The van der Waals surface area contributed by atoms with E-state index in [2.05, 4.69) is 0 Å². The standard InChI is InChI=1S/C26H28N2O10/c1-9-13-10(12-8-37-6-7-38-12)4-5-11(29)15(13)20(30)16-14(9)21(31)18-19(28(2)3)22(32)17(25(27)35)24(34)26(18,36)23(16)33/h4-9,14,17-19,21-22,29,31-33,36H,1-3H3,(H2,27,35)/t9-,14+,17?,18+,19-,21-,22?,26-/m0/s1. The summed E-state index contributed by atoms with van der Waals surface area (Å²) in [5.74, 6) is -10.1. The third-order valence-electron chi connectivity index (χ3n) is 8.25. The van der Waals surface area contributed by atoms with Gasteiger partial charge in [0.2, 0.25) is 5.91 Å². The van der Waals surface area contributed by atoms with Crippen molar-refractivity contribution in [3.63, 3.8) is 0 Å². The number of aromatic hydroxyl groups is 1. The van der Waals surface area contributed by atoms with Crippen LogP contribution in [0.2, 0.25) is 0 Å². The third-order valence-corrected chi connectivity index (χ3v) is 8.25. The number of likely N-dealkylation sites (N-methyl/N-ethyl adjacent to an activating group) is 1. The van der Waals surface area contributed by atoms with Crippen molar-refractivity contribution in [2.75, 3.05) is 14.1 Å². The molecule has 1 amide bonds. The molecule has 1 aromatic rings. The lowest BCUT2D eigenvalue weighted by molar-refractivity contribution is -0.194. The topological polar surface area (TPSA) is 200 Å². The maximum Gasteiger partial charge on any atom is 0.230 e. The van der Waals surface area contributed by atoms with Crippen LogP contribution in [0, 0.1) is 17.8 Å². The number of ketones is 2. The Kier molecular flexibility index (Phi) is 5.91. The molecule has 4 aliphatic rings. The zero-order chi connectivity index (χ0) is 27.8. The van der Waals surface area contributed by atoms with E-state index in [1.807, 2.05) is 0 Å². The van der Waals surface area contributed by atoms with E-state index in [0.29, 0.717) is 11.1 Å². The molecule has 0 radical (unpaired) electrons. The number of primary amides is 1. The number of hydrogen-bond donors (Lipinski definition) is 6. The van der Waals surface area contributed by atoms with Gasteiger partial charge in [0, 0.05) is 29.0 Å². The zero-order valence-electron chi connectivity index (χ0n) is 20.7. The van der Waals surface area contributed by atoms with E-state index in [9.17, 15) is 39.9 Å².